The van der Waals surface area contributed by atoms with E-state index < -0.39 is 5.97 Å². The summed E-state index contributed by atoms with van der Waals surface area (Å²) in [6.45, 7) is 1.79. The minimum atomic E-state index is -1.01. The number of oxazole rings is 1. The lowest BCUT2D eigenvalue weighted by atomic mass is 10.1. The Morgan fingerprint density at radius 2 is 2.00 bits per heavy atom. The van der Waals surface area contributed by atoms with Crippen molar-refractivity contribution in [1.82, 2.24) is 14.8 Å². The van der Waals surface area contributed by atoms with Crippen LogP contribution in [0.15, 0.2) is 52.9 Å². The minimum absolute atomic E-state index is 0.236. The summed E-state index contributed by atoms with van der Waals surface area (Å²) in [6.07, 6.45) is 1.38. The van der Waals surface area contributed by atoms with Crippen molar-refractivity contribution in [2.75, 3.05) is 0 Å². The van der Waals surface area contributed by atoms with E-state index >= 15 is 0 Å². The Labute approximate surface area is 176 Å². The monoisotopic (exact) mass is 427 g/mol. The summed E-state index contributed by atoms with van der Waals surface area (Å²) in [6, 6.07) is 14.4. The van der Waals surface area contributed by atoms with Gasteiger partial charge in [-0.1, -0.05) is 41.4 Å². The number of aryl methyl sites for hydroxylation is 1. The number of aliphatic carboxylic acids is 1. The summed E-state index contributed by atoms with van der Waals surface area (Å²) < 4.78 is 7.31. The van der Waals surface area contributed by atoms with Gasteiger partial charge in [-0.15, -0.1) is 0 Å². The van der Waals surface area contributed by atoms with Crippen molar-refractivity contribution in [1.29, 1.82) is 0 Å². The van der Waals surface area contributed by atoms with E-state index in [1.807, 2.05) is 18.2 Å². The van der Waals surface area contributed by atoms with Crippen LogP contribution in [0, 0.1) is 6.92 Å². The first-order valence-electron chi connectivity index (χ1n) is 8.72. The second kappa shape index (κ2) is 7.73. The molecule has 6 nitrogen and oxygen atoms in total. The van der Waals surface area contributed by atoms with Crippen molar-refractivity contribution >= 4 is 51.9 Å². The molecule has 2 heterocycles. The molecule has 0 radical (unpaired) electrons. The Bertz CT molecular complexity index is 1220. The van der Waals surface area contributed by atoms with E-state index in [1.54, 1.807) is 48.0 Å². The standard InChI is InChI=1S/C21H15Cl2N3O3/c1-12-16(20(23)26(25-12)15-6-4-5-14(22)11-15)9-13(10-19(27)28)21-24-17-7-2-3-8-18(17)29-21/h2-9,11H,10H2,1H3,(H,27,28)/b13-9+. The number of halogens is 2. The average Bonchev–Trinajstić information content (AvgIpc) is 3.23. The van der Waals surface area contributed by atoms with Gasteiger partial charge in [0.05, 0.1) is 17.8 Å². The summed E-state index contributed by atoms with van der Waals surface area (Å²) in [7, 11) is 0. The molecule has 146 valence electrons. The number of hydrogen-bond donors (Lipinski definition) is 1. The van der Waals surface area contributed by atoms with Gasteiger partial charge in [-0.25, -0.2) is 9.67 Å². The third-order valence-electron chi connectivity index (χ3n) is 4.33. The molecule has 0 aliphatic carbocycles. The van der Waals surface area contributed by atoms with E-state index in [4.69, 9.17) is 27.6 Å². The predicted octanol–water partition coefficient (Wildman–Crippen LogP) is 5.64. The summed E-state index contributed by atoms with van der Waals surface area (Å²) in [4.78, 5) is 15.9. The molecule has 0 aliphatic heterocycles. The lowest BCUT2D eigenvalue weighted by molar-refractivity contribution is -0.135. The molecule has 0 amide bonds. The van der Waals surface area contributed by atoms with Crippen LogP contribution in [0.5, 0.6) is 0 Å². The molecule has 29 heavy (non-hydrogen) atoms. The maximum Gasteiger partial charge on any atom is 0.308 e. The number of nitrogens with zero attached hydrogens (tertiary/aromatic N) is 3. The quantitative estimate of drug-likeness (QED) is 0.445. The number of para-hydroxylation sites is 2. The van der Waals surface area contributed by atoms with Crippen molar-refractivity contribution in [3.8, 4) is 5.69 Å². The van der Waals surface area contributed by atoms with E-state index in [1.165, 1.54) is 0 Å². The molecule has 0 bridgehead atoms. The zero-order valence-corrected chi connectivity index (χ0v) is 16.8. The first-order chi connectivity index (χ1) is 13.9. The largest absolute Gasteiger partial charge is 0.481 e. The molecule has 8 heteroatoms. The molecule has 2 aromatic heterocycles. The average molecular weight is 428 g/mol. The molecular weight excluding hydrogens is 413 g/mol. The summed E-state index contributed by atoms with van der Waals surface area (Å²) in [5.41, 5.74) is 3.54. The van der Waals surface area contributed by atoms with Crippen LogP contribution in [0.25, 0.3) is 28.4 Å². The van der Waals surface area contributed by atoms with Crippen molar-refractivity contribution in [3.63, 3.8) is 0 Å². The number of aromatic nitrogens is 3. The van der Waals surface area contributed by atoms with Crippen LogP contribution in [-0.4, -0.2) is 25.8 Å². The van der Waals surface area contributed by atoms with Crippen LogP contribution in [-0.2, 0) is 4.79 Å². The highest BCUT2D eigenvalue weighted by molar-refractivity contribution is 6.32. The highest BCUT2D eigenvalue weighted by atomic mass is 35.5. The molecule has 0 fully saturated rings. The highest BCUT2D eigenvalue weighted by Crippen LogP contribution is 2.31. The van der Waals surface area contributed by atoms with Crippen LogP contribution in [0.4, 0.5) is 0 Å². The van der Waals surface area contributed by atoms with Gasteiger partial charge >= 0.3 is 5.97 Å². The highest BCUT2D eigenvalue weighted by Gasteiger charge is 2.19. The molecule has 0 saturated heterocycles. The molecule has 4 aromatic rings. The smallest absolute Gasteiger partial charge is 0.308 e. The van der Waals surface area contributed by atoms with Crippen LogP contribution in [0.1, 0.15) is 23.6 Å². The first-order valence-corrected chi connectivity index (χ1v) is 9.47. The fraction of sp³-hybridized carbons (Fsp3) is 0.0952. The third-order valence-corrected chi connectivity index (χ3v) is 4.93. The molecule has 2 aromatic carbocycles. The van der Waals surface area contributed by atoms with Crippen LogP contribution < -0.4 is 0 Å². The number of carbonyl (C=O) groups is 1. The Hall–Kier alpha value is -3.09. The Morgan fingerprint density at radius 3 is 2.72 bits per heavy atom. The van der Waals surface area contributed by atoms with Crippen molar-refractivity contribution in [3.05, 3.63) is 75.9 Å². The summed E-state index contributed by atoms with van der Waals surface area (Å²) >= 11 is 12.6. The first kappa shape index (κ1) is 19.2. The lowest BCUT2D eigenvalue weighted by Gasteiger charge is -2.04. The Morgan fingerprint density at radius 1 is 1.21 bits per heavy atom. The van der Waals surface area contributed by atoms with E-state index in [-0.39, 0.29) is 12.3 Å². The third kappa shape index (κ3) is 3.90. The van der Waals surface area contributed by atoms with E-state index in [2.05, 4.69) is 10.1 Å². The number of hydrogen-bond acceptors (Lipinski definition) is 4. The molecule has 4 rings (SSSR count). The Kier molecular flexibility index (Phi) is 5.13. The van der Waals surface area contributed by atoms with Gasteiger partial charge in [0.1, 0.15) is 10.7 Å². The van der Waals surface area contributed by atoms with Gasteiger partial charge in [0.25, 0.3) is 0 Å². The fourth-order valence-corrected chi connectivity index (χ4v) is 3.50. The van der Waals surface area contributed by atoms with E-state index in [0.29, 0.717) is 43.8 Å². The van der Waals surface area contributed by atoms with Crippen molar-refractivity contribution in [2.24, 2.45) is 0 Å². The maximum absolute atomic E-state index is 11.4. The van der Waals surface area contributed by atoms with Crippen molar-refractivity contribution in [2.45, 2.75) is 13.3 Å². The van der Waals surface area contributed by atoms with E-state index in [9.17, 15) is 9.90 Å². The maximum atomic E-state index is 11.4. The topological polar surface area (TPSA) is 81.2 Å². The minimum Gasteiger partial charge on any atom is -0.481 e. The van der Waals surface area contributed by atoms with Gasteiger partial charge in [-0.3, -0.25) is 4.79 Å². The van der Waals surface area contributed by atoms with Gasteiger partial charge < -0.3 is 9.52 Å². The second-order valence-electron chi connectivity index (χ2n) is 6.41. The molecule has 0 unspecified atom stereocenters. The molecule has 0 aliphatic rings. The second-order valence-corrected chi connectivity index (χ2v) is 7.20. The zero-order chi connectivity index (χ0) is 20.5. The lowest BCUT2D eigenvalue weighted by Crippen LogP contribution is -1.98. The van der Waals surface area contributed by atoms with Crippen molar-refractivity contribution < 1.29 is 14.3 Å². The van der Waals surface area contributed by atoms with E-state index in [0.717, 1.165) is 0 Å². The Balaban J connectivity index is 1.83. The van der Waals surface area contributed by atoms with Gasteiger partial charge in [-0.05, 0) is 43.3 Å². The summed E-state index contributed by atoms with van der Waals surface area (Å²) in [5, 5.41) is 14.7. The predicted molar refractivity (Wildman–Crippen MR) is 112 cm³/mol. The van der Waals surface area contributed by atoms with Crippen LogP contribution in [0.2, 0.25) is 10.2 Å². The van der Waals surface area contributed by atoms with Gasteiger partial charge in [0.2, 0.25) is 5.89 Å². The number of carboxylic acids is 1. The molecule has 1 N–H and O–H groups in total. The molecule has 0 saturated carbocycles. The fourth-order valence-electron chi connectivity index (χ4n) is 2.99. The number of benzene rings is 2. The molecular formula is C21H15Cl2N3O3. The normalized spacial score (nSPS) is 11.9. The zero-order valence-electron chi connectivity index (χ0n) is 15.3. The van der Waals surface area contributed by atoms with Crippen LogP contribution in [0.3, 0.4) is 0 Å². The number of fused-ring (bicyclic) bond motifs is 1. The van der Waals surface area contributed by atoms with Crippen LogP contribution >= 0.6 is 23.2 Å². The van der Waals surface area contributed by atoms with Gasteiger partial charge in [-0.2, -0.15) is 5.10 Å². The molecule has 0 atom stereocenters. The van der Waals surface area contributed by atoms with Gasteiger partial charge in [0.15, 0.2) is 5.58 Å². The molecule has 0 spiro atoms. The number of rotatable bonds is 5. The van der Waals surface area contributed by atoms with Gasteiger partial charge in [0, 0.05) is 16.2 Å². The SMILES string of the molecule is Cc1nn(-c2cccc(Cl)c2)c(Cl)c1/C=C(\CC(=O)O)c1nc2ccccc2o1. The summed E-state index contributed by atoms with van der Waals surface area (Å²) in [5.74, 6) is -0.769. The number of carboxylic acid groups (broad SMARTS) is 1.